The maximum absolute atomic E-state index is 13.8. The third kappa shape index (κ3) is 25.0. The summed E-state index contributed by atoms with van der Waals surface area (Å²) in [6, 6.07) is 52.3. The average Bonchev–Trinajstić information content (AvgIpc) is 1.62. The molecule has 6 aromatic carbocycles. The smallest absolute Gasteiger partial charge is 0.286 e. The van der Waals surface area contributed by atoms with Crippen LogP contribution in [-0.2, 0) is 19.6 Å². The first-order valence-electron chi connectivity index (χ1n) is 43.0. The molecule has 4 aliphatic heterocycles. The zero-order valence-corrected chi connectivity index (χ0v) is 80.0. The fourth-order valence-electron chi connectivity index (χ4n) is 14.9. The predicted molar refractivity (Wildman–Crippen MR) is 534 cm³/mol. The van der Waals surface area contributed by atoms with Crippen LogP contribution in [0, 0.1) is 62.9 Å². The highest BCUT2D eigenvalue weighted by Gasteiger charge is 2.34. The maximum Gasteiger partial charge on any atom is 0.286 e. The molecule has 0 radical (unpaired) electrons. The molecule has 12 aromatic rings. The van der Waals surface area contributed by atoms with Gasteiger partial charge in [0.15, 0.2) is 28.2 Å². The van der Waals surface area contributed by atoms with E-state index < -0.39 is 0 Å². The Morgan fingerprint density at radius 3 is 1.15 bits per heavy atom. The van der Waals surface area contributed by atoms with Crippen LogP contribution in [0.3, 0.4) is 0 Å². The monoisotopic (exact) mass is 1940 g/mol. The lowest BCUT2D eigenvalue weighted by Crippen LogP contribution is -2.45. The van der Waals surface area contributed by atoms with E-state index in [1.807, 2.05) is 119 Å². The summed E-state index contributed by atoms with van der Waals surface area (Å²) >= 11 is 49.0. The van der Waals surface area contributed by atoms with Gasteiger partial charge in [-0.15, -0.1) is 34.0 Å². The highest BCUT2D eigenvalue weighted by Crippen LogP contribution is 2.41. The number of aromatic nitrogens is 6. The molecule has 34 heteroatoms. The van der Waals surface area contributed by atoms with E-state index in [0.717, 1.165) is 179 Å². The SMILES string of the molecule is Cc1ccc(C#Cc2ccc(-c3c(CNC(=S)NC4CC4)c(C(=O)NN4CCCCC4)nn3-c3ccc(Cl)cc3Cl)s2)cc1.Cc1ccc(C#Cc2ccc(-c3c(CNC4=NCCN4)c(C(=O)NN4CCCCC4)nn3-c3ccc(Cl)cc3Cl)s2)cc1.[C-]#[N+]NC(=NC)NCc1c(C(=O)NN2CCCCC2)nn(-c2ccc(Cl)cc2Cl)c1-c1ccc(C#Cc2ccc(C)cc2)s1. The van der Waals surface area contributed by atoms with E-state index in [4.69, 9.17) is 104 Å². The number of aliphatic imine (C=N–C) groups is 2. The number of benzene rings is 6. The molecule has 1 saturated carbocycles. The fraction of sp³-hybridized carbons (Fsp3) is 0.278. The Bertz CT molecular complexity index is 6490. The molecule has 17 rings (SSSR count). The van der Waals surface area contributed by atoms with E-state index in [2.05, 4.69) is 137 Å². The molecule has 670 valence electrons. The van der Waals surface area contributed by atoms with Gasteiger partial charge in [0.2, 0.25) is 0 Å². The zero-order valence-electron chi connectivity index (χ0n) is 72.2. The Labute approximate surface area is 809 Å². The number of nitrogens with zero attached hydrogens (tertiary/aromatic N) is 12. The molecule has 131 heavy (non-hydrogen) atoms. The van der Waals surface area contributed by atoms with Crippen molar-refractivity contribution in [1.29, 1.82) is 0 Å². The largest absolute Gasteiger partial charge is 0.360 e. The van der Waals surface area contributed by atoms with Crippen molar-refractivity contribution < 1.29 is 14.4 Å². The number of piperidine rings is 3. The Hall–Kier alpha value is -11.5. The van der Waals surface area contributed by atoms with Crippen LogP contribution in [0.1, 0.15) is 167 Å². The molecule has 5 aliphatic rings. The van der Waals surface area contributed by atoms with Crippen molar-refractivity contribution >= 4 is 151 Å². The number of nitrogens with one attached hydrogen (secondary N) is 9. The van der Waals surface area contributed by atoms with Gasteiger partial charge in [0.05, 0.1) is 85.0 Å². The molecule has 3 amide bonds. The minimum Gasteiger partial charge on any atom is -0.360 e. The van der Waals surface area contributed by atoms with E-state index in [0.29, 0.717) is 112 Å². The number of halogens is 6. The summed E-state index contributed by atoms with van der Waals surface area (Å²) in [6.45, 7) is 20.4. The summed E-state index contributed by atoms with van der Waals surface area (Å²) in [5.74, 6) is 19.7. The van der Waals surface area contributed by atoms with Crippen LogP contribution in [0.25, 0.3) is 53.7 Å². The molecule has 0 atom stereocenters. The topological polar surface area (TPSA) is 252 Å². The van der Waals surface area contributed by atoms with Gasteiger partial charge in [-0.2, -0.15) is 26.8 Å². The first-order chi connectivity index (χ1) is 63.6. The molecule has 3 saturated heterocycles. The lowest BCUT2D eigenvalue weighted by Gasteiger charge is -2.26. The number of guanidine groups is 2. The molecular weight excluding hydrogens is 1850 g/mol. The molecule has 0 unspecified atom stereocenters. The maximum atomic E-state index is 13.8. The Balaban J connectivity index is 0.000000150. The second-order valence-corrected chi connectivity index (χ2v) is 37.8. The first-order valence-corrected chi connectivity index (χ1v) is 48.1. The highest BCUT2D eigenvalue weighted by atomic mass is 35.5. The van der Waals surface area contributed by atoms with Crippen LogP contribution >= 0.6 is 116 Å². The van der Waals surface area contributed by atoms with Crippen molar-refractivity contribution in [3.05, 3.63) is 287 Å². The fourth-order valence-corrected chi connectivity index (χ4v) is 19.3. The van der Waals surface area contributed by atoms with Gasteiger partial charge in [0.25, 0.3) is 23.7 Å². The second kappa shape index (κ2) is 45.1. The standard InChI is InChI=1S/C33H32Cl2N6OS2.C32H30Cl2N8OS.C32H31Cl2N7OS/c1-21-5-7-22(8-6-21)9-13-25-14-16-29(44-25)31-26(20-36-33(43)37-24-11-12-24)30(32(42)39-40-17-3-2-4-18-40)38-41(31)28-15-10-23(34)19-27(28)35;1-21-7-9-22(10-8-21)11-13-24-14-16-28(44-24)30-25(20-37-32(35-2)38-36-3)29(31(43)40-41-17-5-4-6-18-41)39-42(30)27-15-12-23(33)19-26(27)34;1-21-5-7-22(8-6-21)9-11-24-12-14-28(43-24)30-25(20-37-32-35-15-16-36-32)29(31(42)39-40-17-3-2-4-18-40)38-41(30)27-13-10-23(33)19-26(27)34/h5-8,10,14-16,19,24H,2-4,11-12,17-18,20H2,1H3,(H,39,42)(H2,36,37,43);7-10,12,14-16,19H,4-6,17-18,20H2,1-2H3,(H,40,43)(H2,35,37,38);5-8,10,12-14,19H,2-4,15-18,20H2,1H3,(H,39,42)(H2,35,36,37). The predicted octanol–water partition coefficient (Wildman–Crippen LogP) is 18.9. The number of carbonyl (C=O) groups is 3. The summed E-state index contributed by atoms with van der Waals surface area (Å²) < 4.78 is 5.16. The molecular formula is C97H93Cl6N21O3S4. The number of thiophene rings is 3. The lowest BCUT2D eigenvalue weighted by molar-refractivity contribution is 0.0736. The minimum atomic E-state index is -0.335. The Morgan fingerprint density at radius 1 is 0.473 bits per heavy atom. The van der Waals surface area contributed by atoms with Crippen LogP contribution in [0.15, 0.2) is 174 Å². The van der Waals surface area contributed by atoms with Crippen LogP contribution in [-0.4, -0.2) is 145 Å². The van der Waals surface area contributed by atoms with E-state index in [-0.39, 0.29) is 35.9 Å². The molecule has 0 spiro atoms. The van der Waals surface area contributed by atoms with Gasteiger partial charge in [0.1, 0.15) is 0 Å². The van der Waals surface area contributed by atoms with E-state index >= 15 is 0 Å². The van der Waals surface area contributed by atoms with Crippen LogP contribution < -0.4 is 48.3 Å². The van der Waals surface area contributed by atoms with Gasteiger partial charge in [-0.1, -0.05) is 183 Å². The number of carbonyl (C=O) groups excluding carboxylic acids is 3. The van der Waals surface area contributed by atoms with Crippen molar-refractivity contribution in [1.82, 2.24) is 92.7 Å². The van der Waals surface area contributed by atoms with E-state index in [9.17, 15) is 14.4 Å². The number of amides is 3. The number of hydrazine groups is 3. The number of rotatable bonds is 19. The summed E-state index contributed by atoms with van der Waals surface area (Å²) in [5, 5.41) is 40.2. The molecule has 6 aromatic heterocycles. The molecule has 10 heterocycles. The third-order valence-electron chi connectivity index (χ3n) is 21.8. The van der Waals surface area contributed by atoms with Crippen molar-refractivity contribution in [2.24, 2.45) is 9.98 Å². The van der Waals surface area contributed by atoms with Crippen molar-refractivity contribution in [2.45, 2.75) is 117 Å². The normalized spacial score (nSPS) is 14.4. The third-order valence-corrected chi connectivity index (χ3v) is 26.7. The Morgan fingerprint density at radius 2 is 0.824 bits per heavy atom. The van der Waals surface area contributed by atoms with Crippen LogP contribution in [0.4, 0.5) is 0 Å². The van der Waals surface area contributed by atoms with Gasteiger partial charge in [-0.05, 0) is 212 Å². The van der Waals surface area contributed by atoms with Gasteiger partial charge in [-0.3, -0.25) is 40.6 Å². The number of thiocarbonyl (C=S) groups is 1. The van der Waals surface area contributed by atoms with Gasteiger partial charge >= 0.3 is 0 Å². The summed E-state index contributed by atoms with van der Waals surface area (Å²) in [5.41, 5.74) is 25.0. The van der Waals surface area contributed by atoms with Crippen LogP contribution in [0.5, 0.6) is 0 Å². The quantitative estimate of drug-likeness (QED) is 0.00911. The number of hydrogen-bond donors (Lipinski definition) is 9. The van der Waals surface area contributed by atoms with Gasteiger partial charge < -0.3 is 26.6 Å². The molecule has 24 nitrogen and oxygen atoms in total. The first kappa shape index (κ1) is 94.1. The molecule has 9 N–H and O–H groups in total. The van der Waals surface area contributed by atoms with E-state index in [1.54, 1.807) is 63.6 Å². The molecule has 0 bridgehead atoms. The van der Waals surface area contributed by atoms with Gasteiger partial charge in [0, 0.05) is 127 Å². The van der Waals surface area contributed by atoms with Crippen molar-refractivity contribution in [3.63, 3.8) is 0 Å². The van der Waals surface area contributed by atoms with Gasteiger partial charge in [-0.25, -0.2) is 29.1 Å². The number of aryl methyl sites for hydroxylation is 3. The zero-order chi connectivity index (χ0) is 91.4. The average molecular weight is 1940 g/mol. The van der Waals surface area contributed by atoms with Crippen molar-refractivity contribution in [2.75, 3.05) is 59.4 Å². The minimum absolute atomic E-state index is 0.154. The van der Waals surface area contributed by atoms with E-state index in [1.165, 1.54) is 50.7 Å². The lowest BCUT2D eigenvalue weighted by atomic mass is 10.1. The second-order valence-electron chi connectivity index (χ2n) is 31.6. The highest BCUT2D eigenvalue weighted by molar-refractivity contribution is 7.80. The molecule has 1 aliphatic carbocycles. The Kier molecular flexibility index (Phi) is 32.4. The summed E-state index contributed by atoms with van der Waals surface area (Å²) in [4.78, 5) is 58.5. The van der Waals surface area contributed by atoms with Crippen molar-refractivity contribution in [3.8, 4) is 84.3 Å². The number of hydrogen-bond acceptors (Lipinski definition) is 17. The summed E-state index contributed by atoms with van der Waals surface area (Å²) in [7, 11) is 1.57. The summed E-state index contributed by atoms with van der Waals surface area (Å²) in [6.07, 6.45) is 11.8. The molecule has 4 fully saturated rings. The van der Waals surface area contributed by atoms with Crippen LogP contribution in [0.2, 0.25) is 30.1 Å².